The number of halogens is 1. The maximum absolute atomic E-state index is 13.5. The zero-order valence-electron chi connectivity index (χ0n) is 19.7. The number of hydrogen-bond acceptors (Lipinski definition) is 4. The summed E-state index contributed by atoms with van der Waals surface area (Å²) in [5.41, 5.74) is 1.93. The molecule has 2 aromatic rings. The van der Waals surface area contributed by atoms with Crippen LogP contribution in [0.3, 0.4) is 0 Å². The largest absolute Gasteiger partial charge is 0.243 e. The minimum atomic E-state index is -3.90. The fraction of sp³-hybridized carbons (Fsp3) is 0.440. The molecule has 34 heavy (non-hydrogen) atoms. The third-order valence-corrected chi connectivity index (χ3v) is 9.54. The van der Waals surface area contributed by atoms with Crippen LogP contribution in [0, 0.1) is 5.82 Å². The lowest BCUT2D eigenvalue weighted by Crippen LogP contribution is -2.33. The highest BCUT2D eigenvalue weighted by molar-refractivity contribution is 7.89. The summed E-state index contributed by atoms with van der Waals surface area (Å²) < 4.78 is 69.4. The Morgan fingerprint density at radius 3 is 2.21 bits per heavy atom. The molecule has 3 rings (SSSR count). The topological polar surface area (TPSA) is 83.5 Å². The van der Waals surface area contributed by atoms with Crippen molar-refractivity contribution in [2.45, 2.75) is 74.7 Å². The zero-order chi connectivity index (χ0) is 24.8. The fourth-order valence-corrected chi connectivity index (χ4v) is 6.59. The van der Waals surface area contributed by atoms with Crippen molar-refractivity contribution in [3.05, 3.63) is 71.6 Å². The molecule has 0 saturated heterocycles. The van der Waals surface area contributed by atoms with Crippen LogP contribution in [-0.2, 0) is 26.6 Å². The third-order valence-electron chi connectivity index (χ3n) is 6.08. The average Bonchev–Trinajstić information content (AvgIpc) is 2.83. The van der Waals surface area contributed by atoms with Crippen molar-refractivity contribution in [1.82, 2.24) is 9.03 Å². The van der Waals surface area contributed by atoms with E-state index in [1.807, 2.05) is 6.92 Å². The molecule has 0 spiro atoms. The first-order valence-corrected chi connectivity index (χ1v) is 14.6. The molecule has 6 nitrogen and oxygen atoms in total. The highest BCUT2D eigenvalue weighted by Crippen LogP contribution is 2.25. The van der Waals surface area contributed by atoms with Crippen molar-refractivity contribution < 1.29 is 21.2 Å². The fourth-order valence-electron chi connectivity index (χ4n) is 3.83. The molecule has 1 unspecified atom stereocenters. The second-order valence-corrected chi connectivity index (χ2v) is 12.4. The van der Waals surface area contributed by atoms with Crippen LogP contribution in [0.5, 0.6) is 0 Å². The van der Waals surface area contributed by atoms with Crippen LogP contribution in [0.2, 0.25) is 0 Å². The molecule has 0 aliphatic heterocycles. The Hall–Kier alpha value is -2.07. The molecule has 0 saturated carbocycles. The Bertz CT molecular complexity index is 1190. The molecular weight excluding hydrogens is 475 g/mol. The summed E-state index contributed by atoms with van der Waals surface area (Å²) in [6, 6.07) is 10.8. The summed E-state index contributed by atoms with van der Waals surface area (Å²) in [6.45, 7) is 4.04. The summed E-state index contributed by atoms with van der Waals surface area (Å²) in [7, 11) is -7.64. The minimum absolute atomic E-state index is 0.0178. The zero-order valence-corrected chi connectivity index (χ0v) is 21.3. The monoisotopic (exact) mass is 508 g/mol. The van der Waals surface area contributed by atoms with E-state index in [1.54, 1.807) is 19.1 Å². The van der Waals surface area contributed by atoms with Crippen molar-refractivity contribution >= 4 is 20.0 Å². The van der Waals surface area contributed by atoms with Gasteiger partial charge in [-0.05, 0) is 87.4 Å². The van der Waals surface area contributed by atoms with Gasteiger partial charge in [0.15, 0.2) is 0 Å². The number of rotatable bonds is 11. The molecule has 1 aliphatic carbocycles. The Labute approximate surface area is 203 Å². The van der Waals surface area contributed by atoms with E-state index in [1.165, 1.54) is 46.3 Å². The molecule has 1 atom stereocenters. The second-order valence-electron chi connectivity index (χ2n) is 8.73. The predicted molar refractivity (Wildman–Crippen MR) is 132 cm³/mol. The summed E-state index contributed by atoms with van der Waals surface area (Å²) >= 11 is 0. The van der Waals surface area contributed by atoms with Crippen LogP contribution in [0.25, 0.3) is 0 Å². The molecule has 0 heterocycles. The van der Waals surface area contributed by atoms with Gasteiger partial charge in [-0.25, -0.2) is 25.9 Å². The molecular formula is C25H33FN2O4S2. The van der Waals surface area contributed by atoms with E-state index in [9.17, 15) is 21.2 Å². The predicted octanol–water partition coefficient (Wildman–Crippen LogP) is 4.98. The standard InChI is InChI=1S/C25H33FN2O4S2/c1-3-20(2)27-33(29,30)24-13-15-25(16-14-24)34(31,32)28(18-17-21-7-5-4-6-8-21)19-22-9-11-23(26)12-10-22/h7,9-16,20,27H,3-6,8,17-19H2,1-2H3. The Balaban J connectivity index is 1.85. The van der Waals surface area contributed by atoms with E-state index >= 15 is 0 Å². The Morgan fingerprint density at radius 1 is 0.971 bits per heavy atom. The summed E-state index contributed by atoms with van der Waals surface area (Å²) in [5.74, 6) is -0.381. The van der Waals surface area contributed by atoms with Gasteiger partial charge in [0, 0.05) is 19.1 Å². The smallest absolute Gasteiger partial charge is 0.208 e. The van der Waals surface area contributed by atoms with Gasteiger partial charge in [-0.1, -0.05) is 30.7 Å². The van der Waals surface area contributed by atoms with Crippen LogP contribution >= 0.6 is 0 Å². The Kier molecular flexibility index (Phi) is 9.03. The highest BCUT2D eigenvalue weighted by Gasteiger charge is 2.26. The third kappa shape index (κ3) is 6.97. The maximum atomic E-state index is 13.5. The van der Waals surface area contributed by atoms with Gasteiger partial charge in [0.25, 0.3) is 0 Å². The van der Waals surface area contributed by atoms with E-state index < -0.39 is 20.0 Å². The van der Waals surface area contributed by atoms with Crippen LogP contribution in [0.15, 0.2) is 70.0 Å². The van der Waals surface area contributed by atoms with Gasteiger partial charge in [-0.15, -0.1) is 0 Å². The van der Waals surface area contributed by atoms with Gasteiger partial charge >= 0.3 is 0 Å². The van der Waals surface area contributed by atoms with Gasteiger partial charge in [0.05, 0.1) is 9.79 Å². The van der Waals surface area contributed by atoms with E-state index in [0.29, 0.717) is 24.9 Å². The van der Waals surface area contributed by atoms with Crippen LogP contribution in [-0.4, -0.2) is 33.7 Å². The number of benzene rings is 2. The van der Waals surface area contributed by atoms with E-state index in [4.69, 9.17) is 0 Å². The molecule has 9 heteroatoms. The number of nitrogens with zero attached hydrogens (tertiary/aromatic N) is 1. The molecule has 0 bridgehead atoms. The van der Waals surface area contributed by atoms with Gasteiger partial charge in [0.2, 0.25) is 20.0 Å². The summed E-state index contributed by atoms with van der Waals surface area (Å²) in [5, 5.41) is 0. The van der Waals surface area contributed by atoms with Gasteiger partial charge in [-0.2, -0.15) is 4.31 Å². The molecule has 1 N–H and O–H groups in total. The first kappa shape index (κ1) is 26.5. The van der Waals surface area contributed by atoms with Crippen molar-refractivity contribution in [1.29, 1.82) is 0 Å². The van der Waals surface area contributed by atoms with E-state index in [-0.39, 0.29) is 28.2 Å². The second kappa shape index (κ2) is 11.6. The highest BCUT2D eigenvalue weighted by atomic mass is 32.2. The first-order chi connectivity index (χ1) is 16.1. The molecule has 0 radical (unpaired) electrons. The molecule has 0 amide bonds. The quantitative estimate of drug-likeness (QED) is 0.434. The average molecular weight is 509 g/mol. The van der Waals surface area contributed by atoms with E-state index in [0.717, 1.165) is 25.7 Å². The first-order valence-electron chi connectivity index (χ1n) is 11.7. The van der Waals surface area contributed by atoms with Crippen LogP contribution in [0.4, 0.5) is 4.39 Å². The number of hydrogen-bond donors (Lipinski definition) is 1. The number of nitrogens with one attached hydrogen (secondary N) is 1. The van der Waals surface area contributed by atoms with Crippen molar-refractivity contribution in [2.75, 3.05) is 6.54 Å². The molecule has 1 aliphatic rings. The summed E-state index contributed by atoms with van der Waals surface area (Å²) in [4.78, 5) is 0.0407. The maximum Gasteiger partial charge on any atom is 0.243 e. The summed E-state index contributed by atoms with van der Waals surface area (Å²) in [6.07, 6.45) is 7.71. The molecule has 0 fully saturated rings. The van der Waals surface area contributed by atoms with Crippen molar-refractivity contribution in [3.63, 3.8) is 0 Å². The van der Waals surface area contributed by atoms with Crippen LogP contribution < -0.4 is 4.72 Å². The molecule has 0 aromatic heterocycles. The lowest BCUT2D eigenvalue weighted by atomic mass is 9.97. The number of allylic oxidation sites excluding steroid dienone is 1. The van der Waals surface area contributed by atoms with Crippen molar-refractivity contribution in [2.24, 2.45) is 0 Å². The molecule has 2 aromatic carbocycles. The lowest BCUT2D eigenvalue weighted by Gasteiger charge is -2.24. The normalized spacial score (nSPS) is 15.8. The SMILES string of the molecule is CCC(C)NS(=O)(=O)c1ccc(S(=O)(=O)N(CCC2=CCCCC2)Cc2ccc(F)cc2)cc1. The van der Waals surface area contributed by atoms with Gasteiger partial charge in [-0.3, -0.25) is 0 Å². The lowest BCUT2D eigenvalue weighted by molar-refractivity contribution is 0.405. The van der Waals surface area contributed by atoms with Crippen LogP contribution in [0.1, 0.15) is 57.9 Å². The Morgan fingerprint density at radius 2 is 1.62 bits per heavy atom. The van der Waals surface area contributed by atoms with Crippen molar-refractivity contribution in [3.8, 4) is 0 Å². The van der Waals surface area contributed by atoms with Gasteiger partial charge in [0.1, 0.15) is 5.82 Å². The minimum Gasteiger partial charge on any atom is -0.208 e. The number of sulfonamides is 2. The van der Waals surface area contributed by atoms with E-state index in [2.05, 4.69) is 10.8 Å². The van der Waals surface area contributed by atoms with Gasteiger partial charge < -0.3 is 0 Å². The molecule has 186 valence electrons.